The Hall–Kier alpha value is -3.09. The monoisotopic (exact) mass is 298 g/mol. The quantitative estimate of drug-likeness (QED) is 0.566. The van der Waals surface area contributed by atoms with Gasteiger partial charge in [0.25, 0.3) is 0 Å². The summed E-state index contributed by atoms with van der Waals surface area (Å²) in [6.45, 7) is 0. The number of aliphatic imine (C=N–C) groups is 1. The minimum absolute atomic E-state index is 0.0593. The van der Waals surface area contributed by atoms with Crippen molar-refractivity contribution < 1.29 is 13.6 Å². The summed E-state index contributed by atoms with van der Waals surface area (Å²) in [5.41, 5.74) is 6.96. The standard InChI is InChI=1S/C15H14N4O3/c16-14(18-13(20)8-7-10-4-3-9-21-10)19-15-17-11-5-1-2-6-12(11)22-15/h1-6,9H,7-8H2,(H3,16,17,18,19,20). The molecule has 1 aromatic carbocycles. The first-order chi connectivity index (χ1) is 10.7. The number of nitrogens with one attached hydrogen (secondary N) is 1. The minimum Gasteiger partial charge on any atom is -0.469 e. The largest absolute Gasteiger partial charge is 0.469 e. The molecule has 0 saturated carbocycles. The Morgan fingerprint density at radius 2 is 2.14 bits per heavy atom. The van der Waals surface area contributed by atoms with Gasteiger partial charge >= 0.3 is 6.01 Å². The highest BCUT2D eigenvalue weighted by Crippen LogP contribution is 2.19. The zero-order valence-electron chi connectivity index (χ0n) is 11.7. The van der Waals surface area contributed by atoms with Crippen molar-refractivity contribution in [2.24, 2.45) is 10.7 Å². The lowest BCUT2D eigenvalue weighted by Gasteiger charge is -2.02. The maximum absolute atomic E-state index is 11.7. The van der Waals surface area contributed by atoms with Crippen LogP contribution in [0.2, 0.25) is 0 Å². The average Bonchev–Trinajstić information content (AvgIpc) is 3.13. The number of hydrogen-bond donors (Lipinski definition) is 2. The molecule has 2 heterocycles. The summed E-state index contributed by atoms with van der Waals surface area (Å²) in [5.74, 6) is 0.425. The first-order valence-electron chi connectivity index (χ1n) is 6.73. The summed E-state index contributed by atoms with van der Waals surface area (Å²) < 4.78 is 10.5. The molecule has 0 atom stereocenters. The van der Waals surface area contributed by atoms with Gasteiger partial charge in [-0.25, -0.2) is 0 Å². The molecule has 22 heavy (non-hydrogen) atoms. The molecule has 0 unspecified atom stereocenters. The van der Waals surface area contributed by atoms with Crippen molar-refractivity contribution in [1.29, 1.82) is 0 Å². The maximum Gasteiger partial charge on any atom is 0.325 e. The van der Waals surface area contributed by atoms with Crippen LogP contribution in [0.3, 0.4) is 0 Å². The van der Waals surface area contributed by atoms with Gasteiger partial charge < -0.3 is 14.6 Å². The summed E-state index contributed by atoms with van der Waals surface area (Å²) >= 11 is 0. The third-order valence-corrected chi connectivity index (χ3v) is 2.94. The number of oxazole rings is 1. The molecule has 0 aliphatic rings. The zero-order chi connectivity index (χ0) is 15.4. The van der Waals surface area contributed by atoms with Gasteiger partial charge in [0.2, 0.25) is 11.9 Å². The molecule has 112 valence electrons. The molecule has 0 spiro atoms. The number of nitrogens with two attached hydrogens (primary N) is 1. The molecule has 0 radical (unpaired) electrons. The molecule has 0 saturated heterocycles. The Labute approximate surface area is 125 Å². The van der Waals surface area contributed by atoms with Crippen LogP contribution in [-0.4, -0.2) is 16.9 Å². The van der Waals surface area contributed by atoms with E-state index in [1.807, 2.05) is 18.2 Å². The zero-order valence-corrected chi connectivity index (χ0v) is 11.7. The van der Waals surface area contributed by atoms with Crippen molar-refractivity contribution in [1.82, 2.24) is 10.3 Å². The molecule has 0 fully saturated rings. The van der Waals surface area contributed by atoms with Crippen molar-refractivity contribution in [2.75, 3.05) is 0 Å². The second kappa shape index (κ2) is 6.13. The van der Waals surface area contributed by atoms with Crippen LogP contribution >= 0.6 is 0 Å². The Bertz CT molecular complexity index is 772. The predicted molar refractivity (Wildman–Crippen MR) is 80.5 cm³/mol. The molecule has 3 N–H and O–H groups in total. The average molecular weight is 298 g/mol. The van der Waals surface area contributed by atoms with Crippen LogP contribution < -0.4 is 11.1 Å². The van der Waals surface area contributed by atoms with Crippen molar-refractivity contribution in [3.8, 4) is 0 Å². The van der Waals surface area contributed by atoms with Gasteiger partial charge in [-0.2, -0.15) is 9.98 Å². The lowest BCUT2D eigenvalue weighted by atomic mass is 10.2. The molecule has 7 heteroatoms. The Kier molecular flexibility index (Phi) is 3.86. The lowest BCUT2D eigenvalue weighted by molar-refractivity contribution is -0.119. The number of fused-ring (bicyclic) bond motifs is 1. The fraction of sp³-hybridized carbons (Fsp3) is 0.133. The third-order valence-electron chi connectivity index (χ3n) is 2.94. The van der Waals surface area contributed by atoms with Crippen molar-refractivity contribution in [3.05, 3.63) is 48.4 Å². The number of aryl methyl sites for hydroxylation is 1. The number of guanidine groups is 1. The molecule has 2 aromatic heterocycles. The van der Waals surface area contributed by atoms with E-state index < -0.39 is 0 Å². The highest BCUT2D eigenvalue weighted by atomic mass is 16.4. The molecule has 0 bridgehead atoms. The van der Waals surface area contributed by atoms with Crippen LogP contribution in [-0.2, 0) is 11.2 Å². The number of para-hydroxylation sites is 2. The predicted octanol–water partition coefficient (Wildman–Crippen LogP) is 2.12. The molecule has 1 amide bonds. The highest BCUT2D eigenvalue weighted by Gasteiger charge is 2.08. The fourth-order valence-corrected chi connectivity index (χ4v) is 1.94. The summed E-state index contributed by atoms with van der Waals surface area (Å²) in [6.07, 6.45) is 2.31. The van der Waals surface area contributed by atoms with Gasteiger partial charge in [0, 0.05) is 12.8 Å². The van der Waals surface area contributed by atoms with E-state index in [4.69, 9.17) is 14.6 Å². The van der Waals surface area contributed by atoms with E-state index in [-0.39, 0.29) is 24.3 Å². The SMILES string of the molecule is NC(=Nc1nc2ccccc2o1)NC(=O)CCc1ccco1. The van der Waals surface area contributed by atoms with Gasteiger partial charge in [-0.3, -0.25) is 10.1 Å². The number of nitrogens with zero attached hydrogens (tertiary/aromatic N) is 2. The molecule has 3 rings (SSSR count). The van der Waals surface area contributed by atoms with Crippen LogP contribution in [0.5, 0.6) is 0 Å². The number of carbonyl (C=O) groups excluding carboxylic acids is 1. The smallest absolute Gasteiger partial charge is 0.325 e. The topological polar surface area (TPSA) is 107 Å². The number of furan rings is 1. The molecular weight excluding hydrogens is 284 g/mol. The van der Waals surface area contributed by atoms with Crippen molar-refractivity contribution in [3.63, 3.8) is 0 Å². The molecule has 0 aliphatic carbocycles. The lowest BCUT2D eigenvalue weighted by Crippen LogP contribution is -2.36. The highest BCUT2D eigenvalue weighted by molar-refractivity contribution is 5.97. The second-order valence-corrected chi connectivity index (χ2v) is 4.59. The van der Waals surface area contributed by atoms with Gasteiger partial charge in [0.15, 0.2) is 5.58 Å². The Morgan fingerprint density at radius 1 is 1.27 bits per heavy atom. The van der Waals surface area contributed by atoms with Gasteiger partial charge in [0.05, 0.1) is 6.26 Å². The van der Waals surface area contributed by atoms with Crippen LogP contribution in [0.4, 0.5) is 6.01 Å². The molecule has 0 aliphatic heterocycles. The van der Waals surface area contributed by atoms with E-state index in [0.29, 0.717) is 17.5 Å². The van der Waals surface area contributed by atoms with Crippen molar-refractivity contribution >= 4 is 29.0 Å². The van der Waals surface area contributed by atoms with Crippen LogP contribution in [0.1, 0.15) is 12.2 Å². The normalized spacial score (nSPS) is 11.7. The van der Waals surface area contributed by atoms with E-state index in [1.54, 1.807) is 24.5 Å². The number of amides is 1. The summed E-state index contributed by atoms with van der Waals surface area (Å²) in [7, 11) is 0. The number of hydrogen-bond acceptors (Lipinski definition) is 5. The van der Waals surface area contributed by atoms with Gasteiger partial charge in [-0.1, -0.05) is 12.1 Å². The Balaban J connectivity index is 1.60. The number of aromatic nitrogens is 1. The first-order valence-corrected chi connectivity index (χ1v) is 6.73. The van der Waals surface area contributed by atoms with Crippen LogP contribution in [0, 0.1) is 0 Å². The fourth-order valence-electron chi connectivity index (χ4n) is 1.94. The Morgan fingerprint density at radius 3 is 2.91 bits per heavy atom. The first kappa shape index (κ1) is 13.9. The van der Waals surface area contributed by atoms with E-state index in [9.17, 15) is 4.79 Å². The molecule has 3 aromatic rings. The summed E-state index contributed by atoms with van der Waals surface area (Å²) in [4.78, 5) is 19.8. The number of rotatable bonds is 4. The summed E-state index contributed by atoms with van der Waals surface area (Å²) in [6, 6.07) is 10.9. The van der Waals surface area contributed by atoms with E-state index >= 15 is 0 Å². The van der Waals surface area contributed by atoms with Gasteiger partial charge in [-0.05, 0) is 24.3 Å². The molecular formula is C15H14N4O3. The number of benzene rings is 1. The van der Waals surface area contributed by atoms with Gasteiger partial charge in [-0.15, -0.1) is 0 Å². The van der Waals surface area contributed by atoms with E-state index in [1.165, 1.54) is 0 Å². The van der Waals surface area contributed by atoms with Gasteiger partial charge in [0.1, 0.15) is 11.3 Å². The third kappa shape index (κ3) is 3.32. The summed E-state index contributed by atoms with van der Waals surface area (Å²) in [5, 5.41) is 2.48. The van der Waals surface area contributed by atoms with Crippen molar-refractivity contribution in [2.45, 2.75) is 12.8 Å². The van der Waals surface area contributed by atoms with Crippen LogP contribution in [0.15, 0.2) is 56.5 Å². The van der Waals surface area contributed by atoms with Crippen LogP contribution in [0.25, 0.3) is 11.1 Å². The number of carbonyl (C=O) groups is 1. The second-order valence-electron chi connectivity index (χ2n) is 4.59. The van der Waals surface area contributed by atoms with E-state index in [0.717, 1.165) is 5.76 Å². The van der Waals surface area contributed by atoms with E-state index in [2.05, 4.69) is 15.3 Å². The molecule has 7 nitrogen and oxygen atoms in total. The maximum atomic E-state index is 11.7. The minimum atomic E-state index is -0.256.